The molecule has 0 aliphatic heterocycles. The van der Waals surface area contributed by atoms with Gasteiger partial charge in [0.1, 0.15) is 13.2 Å². The average molecular weight is 521 g/mol. The molecule has 0 amide bonds. The van der Waals surface area contributed by atoms with E-state index in [2.05, 4.69) is 19.1 Å². The van der Waals surface area contributed by atoms with E-state index in [0.29, 0.717) is 17.6 Å². The molecule has 0 aliphatic carbocycles. The van der Waals surface area contributed by atoms with Crippen molar-refractivity contribution in [1.82, 2.24) is 0 Å². The van der Waals surface area contributed by atoms with Crippen molar-refractivity contribution >= 4 is 17.9 Å². The molecular formula is C31H52O6. The molecule has 37 heavy (non-hydrogen) atoms. The van der Waals surface area contributed by atoms with Crippen LogP contribution in [0.4, 0.5) is 0 Å². The highest BCUT2D eigenvalue weighted by atomic mass is 16.6. The zero-order valence-electron chi connectivity index (χ0n) is 24.1. The van der Waals surface area contributed by atoms with Crippen LogP contribution in [0.15, 0.2) is 35.5 Å². The molecule has 0 unspecified atom stereocenters. The summed E-state index contributed by atoms with van der Waals surface area (Å²) >= 11 is 0. The van der Waals surface area contributed by atoms with Crippen molar-refractivity contribution in [2.45, 2.75) is 131 Å². The van der Waals surface area contributed by atoms with E-state index in [-0.39, 0.29) is 19.2 Å². The third-order valence-corrected chi connectivity index (χ3v) is 6.25. The Morgan fingerprint density at radius 1 is 0.649 bits per heavy atom. The smallest absolute Gasteiger partial charge is 0.333 e. The van der Waals surface area contributed by atoms with Crippen LogP contribution in [0.3, 0.4) is 0 Å². The van der Waals surface area contributed by atoms with Crippen LogP contribution < -0.4 is 0 Å². The third-order valence-electron chi connectivity index (χ3n) is 6.25. The van der Waals surface area contributed by atoms with Gasteiger partial charge in [-0.15, -0.1) is 0 Å². The van der Waals surface area contributed by atoms with Gasteiger partial charge in [0, 0.05) is 17.6 Å². The van der Waals surface area contributed by atoms with Crippen LogP contribution in [0.2, 0.25) is 0 Å². The van der Waals surface area contributed by atoms with E-state index in [9.17, 15) is 14.4 Å². The molecule has 6 nitrogen and oxygen atoms in total. The summed E-state index contributed by atoms with van der Waals surface area (Å²) in [7, 11) is 0. The van der Waals surface area contributed by atoms with Gasteiger partial charge in [0.25, 0.3) is 0 Å². The quantitative estimate of drug-likeness (QED) is 0.0474. The molecule has 0 aliphatic rings. The second-order valence-corrected chi connectivity index (χ2v) is 9.59. The second-order valence-electron chi connectivity index (χ2n) is 9.59. The summed E-state index contributed by atoms with van der Waals surface area (Å²) < 4.78 is 15.9. The van der Waals surface area contributed by atoms with E-state index in [4.69, 9.17) is 14.2 Å². The first-order chi connectivity index (χ1) is 17.8. The van der Waals surface area contributed by atoms with Crippen LogP contribution in [0.1, 0.15) is 125 Å². The van der Waals surface area contributed by atoms with Gasteiger partial charge in [-0.2, -0.15) is 0 Å². The first-order valence-corrected chi connectivity index (χ1v) is 14.3. The Labute approximate surface area is 225 Å². The summed E-state index contributed by atoms with van der Waals surface area (Å²) in [6.07, 6.45) is 22.8. The van der Waals surface area contributed by atoms with Gasteiger partial charge in [-0.3, -0.25) is 4.79 Å². The summed E-state index contributed by atoms with van der Waals surface area (Å²) in [5.41, 5.74) is 0.917. The summed E-state index contributed by atoms with van der Waals surface area (Å²) in [4.78, 5) is 36.2. The average Bonchev–Trinajstić information content (AvgIpc) is 2.90. The number of hydrogen-bond donors (Lipinski definition) is 0. The van der Waals surface area contributed by atoms with E-state index in [1.54, 1.807) is 39.8 Å². The van der Waals surface area contributed by atoms with Crippen molar-refractivity contribution in [3.8, 4) is 0 Å². The highest BCUT2D eigenvalue weighted by Gasteiger charge is 2.20. The molecule has 0 aromatic carbocycles. The fraction of sp³-hybridized carbons (Fsp3) is 0.710. The third kappa shape index (κ3) is 20.4. The predicted octanol–water partition coefficient (Wildman–Crippen LogP) is 7.95. The molecule has 0 heterocycles. The lowest BCUT2D eigenvalue weighted by Gasteiger charge is -2.18. The second kappa shape index (κ2) is 24.0. The lowest BCUT2D eigenvalue weighted by atomic mass is 10.1. The fourth-order valence-corrected chi connectivity index (χ4v) is 3.50. The van der Waals surface area contributed by atoms with E-state index >= 15 is 0 Å². The molecule has 0 bridgehead atoms. The maximum absolute atomic E-state index is 12.3. The number of carbonyl (C=O) groups excluding carboxylic acids is 3. The van der Waals surface area contributed by atoms with Crippen molar-refractivity contribution in [2.24, 2.45) is 0 Å². The van der Waals surface area contributed by atoms with Gasteiger partial charge in [-0.1, -0.05) is 82.6 Å². The minimum Gasteiger partial charge on any atom is -0.458 e. The minimum atomic E-state index is -0.835. The van der Waals surface area contributed by atoms with Crippen LogP contribution in [-0.2, 0) is 28.6 Å². The Bertz CT molecular complexity index is 685. The number of hydrogen-bond acceptors (Lipinski definition) is 6. The highest BCUT2D eigenvalue weighted by molar-refractivity contribution is 5.88. The molecule has 212 valence electrons. The largest absolute Gasteiger partial charge is 0.458 e. The monoisotopic (exact) mass is 520 g/mol. The van der Waals surface area contributed by atoms with E-state index in [1.165, 1.54) is 51.4 Å². The number of ether oxygens (including phenoxy) is 3. The number of esters is 3. The lowest BCUT2D eigenvalue weighted by molar-refractivity contribution is -0.164. The van der Waals surface area contributed by atoms with Crippen LogP contribution in [-0.4, -0.2) is 37.2 Å². The first-order valence-electron chi connectivity index (χ1n) is 14.3. The Balaban J connectivity index is 4.13. The Morgan fingerprint density at radius 2 is 1.08 bits per heavy atom. The summed E-state index contributed by atoms with van der Waals surface area (Å²) in [6, 6.07) is 0. The molecule has 0 rings (SSSR count). The van der Waals surface area contributed by atoms with Crippen molar-refractivity contribution in [2.75, 3.05) is 13.2 Å². The molecule has 0 saturated heterocycles. The first kappa shape index (κ1) is 34.6. The maximum Gasteiger partial charge on any atom is 0.333 e. The van der Waals surface area contributed by atoms with E-state index < -0.39 is 18.0 Å². The zero-order chi connectivity index (χ0) is 27.7. The zero-order valence-corrected chi connectivity index (χ0v) is 24.1. The number of rotatable bonds is 22. The molecular weight excluding hydrogens is 468 g/mol. The molecule has 0 saturated carbocycles. The summed E-state index contributed by atoms with van der Waals surface area (Å²) in [5, 5.41) is 0. The van der Waals surface area contributed by atoms with Gasteiger partial charge in [-0.05, 0) is 59.8 Å². The van der Waals surface area contributed by atoms with Crippen molar-refractivity contribution in [3.63, 3.8) is 0 Å². The maximum atomic E-state index is 12.3. The van der Waals surface area contributed by atoms with Crippen molar-refractivity contribution in [3.05, 3.63) is 35.5 Å². The Kier molecular flexibility index (Phi) is 22.5. The molecule has 6 heteroatoms. The SMILES string of the molecule is C/C=C(\C)C(=O)OCC(COC(=O)/C(C)=C/C)OC(=O)CCCCCCC/C=C\CCCCCCCC. The van der Waals surface area contributed by atoms with Gasteiger partial charge in [0.15, 0.2) is 6.10 Å². The number of carbonyl (C=O) groups is 3. The van der Waals surface area contributed by atoms with Crippen LogP contribution in [0, 0.1) is 0 Å². The van der Waals surface area contributed by atoms with Crippen LogP contribution in [0.25, 0.3) is 0 Å². The van der Waals surface area contributed by atoms with Crippen LogP contribution >= 0.6 is 0 Å². The van der Waals surface area contributed by atoms with Crippen LogP contribution in [0.5, 0.6) is 0 Å². The van der Waals surface area contributed by atoms with Gasteiger partial charge in [-0.25, -0.2) is 9.59 Å². The summed E-state index contributed by atoms with van der Waals surface area (Å²) in [5.74, 6) is -1.35. The predicted molar refractivity (Wildman–Crippen MR) is 150 cm³/mol. The molecule has 0 atom stereocenters. The van der Waals surface area contributed by atoms with E-state index in [1.807, 2.05) is 0 Å². The van der Waals surface area contributed by atoms with Gasteiger partial charge in [0.05, 0.1) is 0 Å². The van der Waals surface area contributed by atoms with Crippen molar-refractivity contribution < 1.29 is 28.6 Å². The van der Waals surface area contributed by atoms with Gasteiger partial charge in [0.2, 0.25) is 0 Å². The topological polar surface area (TPSA) is 78.9 Å². The molecule has 0 aromatic rings. The molecule has 0 aromatic heterocycles. The number of unbranched alkanes of at least 4 members (excludes halogenated alkanes) is 11. The lowest BCUT2D eigenvalue weighted by Crippen LogP contribution is -2.31. The molecule has 0 radical (unpaired) electrons. The summed E-state index contributed by atoms with van der Waals surface area (Å²) in [6.45, 7) is 8.69. The molecule has 0 N–H and O–H groups in total. The highest BCUT2D eigenvalue weighted by Crippen LogP contribution is 2.11. The van der Waals surface area contributed by atoms with E-state index in [0.717, 1.165) is 32.1 Å². The Hall–Kier alpha value is -2.37. The Morgan fingerprint density at radius 3 is 1.54 bits per heavy atom. The van der Waals surface area contributed by atoms with Gasteiger partial charge < -0.3 is 14.2 Å². The minimum absolute atomic E-state index is 0.162. The van der Waals surface area contributed by atoms with Gasteiger partial charge >= 0.3 is 17.9 Å². The number of allylic oxidation sites excluding steroid dienone is 4. The van der Waals surface area contributed by atoms with Crippen molar-refractivity contribution in [1.29, 1.82) is 0 Å². The molecule has 0 spiro atoms. The molecule has 0 fully saturated rings. The fourth-order valence-electron chi connectivity index (χ4n) is 3.50. The normalized spacial score (nSPS) is 13.0. The standard InChI is InChI=1S/C31H52O6/c1-6-9-10-11-12-13-14-15-16-17-18-19-20-21-22-23-29(32)37-28(24-35-30(33)26(4)7-2)25-36-31(34)27(5)8-3/h7-8,15-16,28H,6,9-14,17-25H2,1-5H3/b16-15-,26-7+,27-8+.